The van der Waals surface area contributed by atoms with Gasteiger partial charge in [-0.1, -0.05) is 0 Å². The molecule has 136 valence electrons. The van der Waals surface area contributed by atoms with Gasteiger partial charge in [0.25, 0.3) is 5.56 Å². The van der Waals surface area contributed by atoms with Crippen LogP contribution in [0.15, 0.2) is 45.8 Å². The van der Waals surface area contributed by atoms with E-state index in [4.69, 9.17) is 13.9 Å². The van der Waals surface area contributed by atoms with Crippen LogP contribution in [0.2, 0.25) is 0 Å². The Bertz CT molecular complexity index is 906. The van der Waals surface area contributed by atoms with Gasteiger partial charge >= 0.3 is 0 Å². The van der Waals surface area contributed by atoms with Crippen molar-refractivity contribution in [1.82, 2.24) is 15.2 Å². The van der Waals surface area contributed by atoms with Gasteiger partial charge in [-0.25, -0.2) is 0 Å². The van der Waals surface area contributed by atoms with E-state index in [0.717, 1.165) is 0 Å². The zero-order valence-electron chi connectivity index (χ0n) is 14.6. The van der Waals surface area contributed by atoms with Gasteiger partial charge in [0, 0.05) is 11.8 Å². The molecule has 0 aliphatic carbocycles. The molecule has 8 nitrogen and oxygen atoms in total. The minimum atomic E-state index is -0.324. The van der Waals surface area contributed by atoms with E-state index < -0.39 is 0 Å². The third kappa shape index (κ3) is 4.21. The molecule has 0 saturated carbocycles. The molecule has 2 N–H and O–H groups in total. The summed E-state index contributed by atoms with van der Waals surface area (Å²) in [5.41, 5.74) is 0.655. The number of benzene rings is 1. The van der Waals surface area contributed by atoms with E-state index in [1.807, 2.05) is 19.9 Å². The topological polar surface area (TPSA) is 102 Å². The second kappa shape index (κ2) is 8.19. The van der Waals surface area contributed by atoms with Crippen molar-refractivity contribution >= 4 is 11.6 Å². The summed E-state index contributed by atoms with van der Waals surface area (Å²) >= 11 is 0. The maximum Gasteiger partial charge on any atom is 0.274 e. The van der Waals surface area contributed by atoms with Gasteiger partial charge in [0.05, 0.1) is 25.9 Å². The summed E-state index contributed by atoms with van der Waals surface area (Å²) in [4.78, 5) is 14.9. The Morgan fingerprint density at radius 2 is 1.92 bits per heavy atom. The molecule has 0 atom stereocenters. The largest absolute Gasteiger partial charge is 0.490 e. The number of nitrogens with zero attached hydrogens (tertiary/aromatic N) is 2. The number of nitrogens with one attached hydrogen (secondary N) is 2. The highest BCUT2D eigenvalue weighted by molar-refractivity contribution is 5.59. The van der Waals surface area contributed by atoms with Crippen LogP contribution in [0.3, 0.4) is 0 Å². The van der Waals surface area contributed by atoms with Crippen LogP contribution < -0.4 is 20.3 Å². The lowest BCUT2D eigenvalue weighted by atomic mass is 10.2. The summed E-state index contributed by atoms with van der Waals surface area (Å²) < 4.78 is 16.3. The number of anilines is 2. The average molecular weight is 356 g/mol. The molecule has 0 unspecified atom stereocenters. The zero-order valence-corrected chi connectivity index (χ0v) is 14.6. The Balaban J connectivity index is 1.77. The van der Waals surface area contributed by atoms with Crippen LogP contribution in [0.1, 0.15) is 25.3 Å². The predicted molar refractivity (Wildman–Crippen MR) is 96.2 cm³/mol. The lowest BCUT2D eigenvalue weighted by molar-refractivity contribution is 0.288. The fourth-order valence-electron chi connectivity index (χ4n) is 2.38. The first kappa shape index (κ1) is 17.5. The standard InChI is InChI=1S/C18H20N4O4/c1-3-24-15-8-7-12(10-16(15)25-4-2)19-18-20-17(23)14(21-22-18)11-13-6-5-9-26-13/h5-10H,3-4,11H2,1-2H3,(H2,19,20,22,23). The molecular formula is C18H20N4O4. The third-order valence-corrected chi connectivity index (χ3v) is 3.49. The van der Waals surface area contributed by atoms with Gasteiger partial charge in [-0.2, -0.15) is 0 Å². The minimum Gasteiger partial charge on any atom is -0.490 e. The maximum atomic E-state index is 12.2. The van der Waals surface area contributed by atoms with E-state index in [1.54, 1.807) is 30.5 Å². The van der Waals surface area contributed by atoms with Crippen LogP contribution in [0.4, 0.5) is 11.6 Å². The van der Waals surface area contributed by atoms with Crippen molar-refractivity contribution < 1.29 is 13.9 Å². The van der Waals surface area contributed by atoms with E-state index in [2.05, 4.69) is 20.5 Å². The Kier molecular flexibility index (Phi) is 5.52. The summed E-state index contributed by atoms with van der Waals surface area (Å²) in [6.45, 7) is 4.87. The molecule has 0 spiro atoms. The molecule has 0 fully saturated rings. The van der Waals surface area contributed by atoms with Gasteiger partial charge in [-0.3, -0.25) is 9.78 Å². The number of aromatic nitrogens is 3. The molecule has 0 aliphatic rings. The second-order valence-corrected chi connectivity index (χ2v) is 5.36. The fourth-order valence-corrected chi connectivity index (χ4v) is 2.38. The summed E-state index contributed by atoms with van der Waals surface area (Å²) in [5, 5.41) is 11.0. The monoisotopic (exact) mass is 356 g/mol. The molecule has 26 heavy (non-hydrogen) atoms. The Labute approximate surface area is 150 Å². The van der Waals surface area contributed by atoms with Crippen molar-refractivity contribution in [1.29, 1.82) is 0 Å². The molecule has 8 heteroatoms. The van der Waals surface area contributed by atoms with Crippen molar-refractivity contribution in [3.63, 3.8) is 0 Å². The lowest BCUT2D eigenvalue weighted by Gasteiger charge is -2.13. The fraction of sp³-hybridized carbons (Fsp3) is 0.278. The van der Waals surface area contributed by atoms with Gasteiger partial charge in [0.1, 0.15) is 11.5 Å². The molecule has 1 aromatic carbocycles. The Morgan fingerprint density at radius 3 is 2.62 bits per heavy atom. The number of hydrogen-bond donors (Lipinski definition) is 2. The number of H-pyrrole nitrogens is 1. The molecule has 0 saturated heterocycles. The SMILES string of the molecule is CCOc1ccc(Nc2nnc(Cc3ccco3)c(=O)[nH]2)cc1OCC. The van der Waals surface area contributed by atoms with E-state index in [-0.39, 0.29) is 23.6 Å². The number of hydrogen-bond acceptors (Lipinski definition) is 7. The Morgan fingerprint density at radius 1 is 1.12 bits per heavy atom. The normalized spacial score (nSPS) is 10.5. The zero-order chi connectivity index (χ0) is 18.4. The molecule has 2 heterocycles. The highest BCUT2D eigenvalue weighted by atomic mass is 16.5. The van der Waals surface area contributed by atoms with Crippen LogP contribution in [0.5, 0.6) is 11.5 Å². The summed E-state index contributed by atoms with van der Waals surface area (Å²) in [5.74, 6) is 2.17. The van der Waals surface area contributed by atoms with Crippen LogP contribution in [0, 0.1) is 0 Å². The van der Waals surface area contributed by atoms with Crippen LogP contribution in [-0.4, -0.2) is 28.4 Å². The molecule has 0 bridgehead atoms. The molecular weight excluding hydrogens is 336 g/mol. The molecule has 0 amide bonds. The first-order valence-corrected chi connectivity index (χ1v) is 8.34. The summed E-state index contributed by atoms with van der Waals surface area (Å²) in [6.07, 6.45) is 1.84. The number of furan rings is 1. The second-order valence-electron chi connectivity index (χ2n) is 5.36. The highest BCUT2D eigenvalue weighted by Gasteiger charge is 2.10. The smallest absolute Gasteiger partial charge is 0.274 e. The van der Waals surface area contributed by atoms with Gasteiger partial charge in [0.2, 0.25) is 5.95 Å². The first-order valence-electron chi connectivity index (χ1n) is 8.34. The van der Waals surface area contributed by atoms with E-state index in [0.29, 0.717) is 36.2 Å². The van der Waals surface area contributed by atoms with E-state index in [9.17, 15) is 4.79 Å². The van der Waals surface area contributed by atoms with Crippen molar-refractivity contribution in [2.24, 2.45) is 0 Å². The molecule has 3 rings (SSSR count). The highest BCUT2D eigenvalue weighted by Crippen LogP contribution is 2.31. The number of ether oxygens (including phenoxy) is 2. The van der Waals surface area contributed by atoms with Crippen molar-refractivity contribution in [3.05, 3.63) is 58.4 Å². The predicted octanol–water partition coefficient (Wildman–Crippen LogP) is 2.89. The molecule has 0 aliphatic heterocycles. The quantitative estimate of drug-likeness (QED) is 0.640. The number of rotatable bonds is 8. The van der Waals surface area contributed by atoms with Crippen LogP contribution in [-0.2, 0) is 6.42 Å². The van der Waals surface area contributed by atoms with Crippen LogP contribution in [0.25, 0.3) is 0 Å². The third-order valence-electron chi connectivity index (χ3n) is 3.49. The van der Waals surface area contributed by atoms with Gasteiger partial charge in [-0.05, 0) is 38.1 Å². The Hall–Kier alpha value is -3.29. The van der Waals surface area contributed by atoms with Crippen molar-refractivity contribution in [2.45, 2.75) is 20.3 Å². The van der Waals surface area contributed by atoms with Gasteiger partial charge < -0.3 is 19.2 Å². The first-order chi connectivity index (χ1) is 12.7. The van der Waals surface area contributed by atoms with E-state index >= 15 is 0 Å². The van der Waals surface area contributed by atoms with Crippen molar-refractivity contribution in [2.75, 3.05) is 18.5 Å². The summed E-state index contributed by atoms with van der Waals surface area (Å²) in [6, 6.07) is 8.93. The van der Waals surface area contributed by atoms with Crippen molar-refractivity contribution in [3.8, 4) is 11.5 Å². The minimum absolute atomic E-state index is 0.241. The average Bonchev–Trinajstić information content (AvgIpc) is 3.13. The van der Waals surface area contributed by atoms with Crippen LogP contribution >= 0.6 is 0 Å². The molecule has 3 aromatic rings. The van der Waals surface area contributed by atoms with E-state index in [1.165, 1.54) is 0 Å². The number of aromatic amines is 1. The van der Waals surface area contributed by atoms with Gasteiger partial charge in [-0.15, -0.1) is 10.2 Å². The lowest BCUT2D eigenvalue weighted by Crippen LogP contribution is -2.18. The summed E-state index contributed by atoms with van der Waals surface area (Å²) in [7, 11) is 0. The van der Waals surface area contributed by atoms with Gasteiger partial charge in [0.15, 0.2) is 11.5 Å². The molecule has 2 aromatic heterocycles. The maximum absolute atomic E-state index is 12.2. The molecule has 0 radical (unpaired) electrons.